The van der Waals surface area contributed by atoms with Gasteiger partial charge in [0.15, 0.2) is 9.84 Å². The molecule has 0 bridgehead atoms. The molecule has 0 spiro atoms. The molecular weight excluding hydrogens is 222 g/mol. The lowest BCUT2D eigenvalue weighted by molar-refractivity contribution is 0.545. The number of anilines is 1. The zero-order valence-corrected chi connectivity index (χ0v) is 10.6. The summed E-state index contributed by atoms with van der Waals surface area (Å²) in [6.07, 6.45) is 1.92. The first-order valence-corrected chi connectivity index (χ1v) is 7.20. The van der Waals surface area contributed by atoms with E-state index >= 15 is 0 Å². The number of hydrogen-bond donors (Lipinski definition) is 1. The molecule has 1 aromatic carbocycles. The van der Waals surface area contributed by atoms with Crippen molar-refractivity contribution in [2.45, 2.75) is 31.6 Å². The van der Waals surface area contributed by atoms with E-state index in [0.717, 1.165) is 12.8 Å². The van der Waals surface area contributed by atoms with Gasteiger partial charge in [0.25, 0.3) is 0 Å². The fraction of sp³-hybridized carbons (Fsp3) is 0.500. The quantitative estimate of drug-likeness (QED) is 0.806. The van der Waals surface area contributed by atoms with Crippen LogP contribution >= 0.6 is 0 Å². The third-order valence-corrected chi connectivity index (χ3v) is 4.59. The third-order valence-electron chi connectivity index (χ3n) is 2.54. The summed E-state index contributed by atoms with van der Waals surface area (Å²) in [5.41, 5.74) is 6.02. The zero-order valence-electron chi connectivity index (χ0n) is 9.81. The van der Waals surface area contributed by atoms with E-state index in [1.807, 2.05) is 6.92 Å². The van der Waals surface area contributed by atoms with Gasteiger partial charge < -0.3 is 5.73 Å². The molecule has 0 aliphatic heterocycles. The normalized spacial score (nSPS) is 13.6. The minimum absolute atomic E-state index is 0.176. The first kappa shape index (κ1) is 13.0. The van der Waals surface area contributed by atoms with Crippen molar-refractivity contribution >= 4 is 15.5 Å². The Labute approximate surface area is 97.6 Å². The Morgan fingerprint density at radius 3 is 2.50 bits per heavy atom. The van der Waals surface area contributed by atoms with Crippen molar-refractivity contribution in [3.8, 4) is 0 Å². The van der Waals surface area contributed by atoms with Crippen LogP contribution in [0.1, 0.15) is 26.7 Å². The van der Waals surface area contributed by atoms with Gasteiger partial charge in [0.1, 0.15) is 0 Å². The van der Waals surface area contributed by atoms with Gasteiger partial charge in [-0.2, -0.15) is 0 Å². The van der Waals surface area contributed by atoms with Gasteiger partial charge in [-0.1, -0.05) is 32.4 Å². The molecule has 0 aliphatic rings. The predicted molar refractivity (Wildman–Crippen MR) is 67.0 cm³/mol. The number of hydrogen-bond acceptors (Lipinski definition) is 3. The van der Waals surface area contributed by atoms with Gasteiger partial charge in [0, 0.05) is 0 Å². The van der Waals surface area contributed by atoms with Crippen LogP contribution in [0.2, 0.25) is 0 Å². The fourth-order valence-corrected chi connectivity index (χ4v) is 3.61. The molecule has 1 aromatic rings. The molecule has 1 unspecified atom stereocenters. The van der Waals surface area contributed by atoms with Crippen LogP contribution < -0.4 is 5.73 Å². The first-order valence-electron chi connectivity index (χ1n) is 5.54. The maximum atomic E-state index is 12.1. The molecule has 1 atom stereocenters. The van der Waals surface area contributed by atoms with E-state index in [2.05, 4.69) is 6.92 Å². The van der Waals surface area contributed by atoms with Gasteiger partial charge in [0.2, 0.25) is 0 Å². The molecule has 4 heteroatoms. The van der Waals surface area contributed by atoms with Gasteiger partial charge >= 0.3 is 0 Å². The van der Waals surface area contributed by atoms with E-state index < -0.39 is 9.84 Å². The van der Waals surface area contributed by atoms with E-state index in [0.29, 0.717) is 5.69 Å². The Balaban J connectivity index is 2.91. The number of rotatable bonds is 5. The number of nitrogens with two attached hydrogens (primary N) is 1. The average Bonchev–Trinajstić information content (AvgIpc) is 2.17. The molecule has 0 aromatic heterocycles. The maximum absolute atomic E-state index is 12.1. The molecule has 1 rings (SSSR count). The molecule has 0 saturated heterocycles. The molecular formula is C12H19NO2S. The summed E-state index contributed by atoms with van der Waals surface area (Å²) in [6, 6.07) is 6.64. The van der Waals surface area contributed by atoms with Gasteiger partial charge in [-0.05, 0) is 24.5 Å². The Kier molecular flexibility index (Phi) is 4.35. The molecule has 0 saturated carbocycles. The number of sulfone groups is 1. The fourth-order valence-electron chi connectivity index (χ4n) is 1.80. The second-order valence-corrected chi connectivity index (χ2v) is 6.22. The third kappa shape index (κ3) is 3.23. The van der Waals surface area contributed by atoms with Crippen molar-refractivity contribution in [3.05, 3.63) is 24.3 Å². The van der Waals surface area contributed by atoms with Crippen molar-refractivity contribution in [1.29, 1.82) is 0 Å². The lowest BCUT2D eigenvalue weighted by Crippen LogP contribution is -2.15. The molecule has 0 heterocycles. The van der Waals surface area contributed by atoms with Crippen LogP contribution in [0.4, 0.5) is 5.69 Å². The molecule has 0 amide bonds. The molecule has 90 valence electrons. The van der Waals surface area contributed by atoms with Crippen molar-refractivity contribution in [2.75, 3.05) is 11.5 Å². The van der Waals surface area contributed by atoms with Gasteiger partial charge in [-0.25, -0.2) is 8.42 Å². The highest BCUT2D eigenvalue weighted by atomic mass is 32.2. The highest BCUT2D eigenvalue weighted by Gasteiger charge is 2.19. The summed E-state index contributed by atoms with van der Waals surface area (Å²) in [7, 11) is -3.24. The van der Waals surface area contributed by atoms with Crippen LogP contribution in [0.3, 0.4) is 0 Å². The van der Waals surface area contributed by atoms with E-state index in [-0.39, 0.29) is 16.6 Å². The second-order valence-electron chi connectivity index (χ2n) is 4.21. The Morgan fingerprint density at radius 2 is 1.94 bits per heavy atom. The van der Waals surface area contributed by atoms with Crippen LogP contribution in [0.5, 0.6) is 0 Å². The molecule has 0 aliphatic carbocycles. The minimum atomic E-state index is -3.24. The van der Waals surface area contributed by atoms with E-state index in [1.165, 1.54) is 0 Å². The smallest absolute Gasteiger partial charge is 0.180 e. The van der Waals surface area contributed by atoms with Gasteiger partial charge in [-0.15, -0.1) is 0 Å². The van der Waals surface area contributed by atoms with Crippen LogP contribution in [0, 0.1) is 5.92 Å². The maximum Gasteiger partial charge on any atom is 0.180 e. The van der Waals surface area contributed by atoms with Crippen molar-refractivity contribution in [3.63, 3.8) is 0 Å². The van der Waals surface area contributed by atoms with Crippen molar-refractivity contribution in [2.24, 2.45) is 5.92 Å². The van der Waals surface area contributed by atoms with Gasteiger partial charge in [0.05, 0.1) is 16.3 Å². The summed E-state index contributed by atoms with van der Waals surface area (Å²) in [6.45, 7) is 4.01. The molecule has 0 fully saturated rings. The highest BCUT2D eigenvalue weighted by Crippen LogP contribution is 2.21. The summed E-state index contributed by atoms with van der Waals surface area (Å²) in [5, 5.41) is 0. The first-order chi connectivity index (χ1) is 7.47. The Hall–Kier alpha value is -1.03. The monoisotopic (exact) mass is 241 g/mol. The number of nitrogen functional groups attached to an aromatic ring is 1. The lowest BCUT2D eigenvalue weighted by Gasteiger charge is -2.12. The Morgan fingerprint density at radius 1 is 1.31 bits per heavy atom. The van der Waals surface area contributed by atoms with Crippen LogP contribution in [0.15, 0.2) is 29.2 Å². The molecule has 16 heavy (non-hydrogen) atoms. The minimum Gasteiger partial charge on any atom is -0.398 e. The molecule has 0 radical (unpaired) electrons. The van der Waals surface area contributed by atoms with Crippen LogP contribution in [-0.4, -0.2) is 14.2 Å². The lowest BCUT2D eigenvalue weighted by atomic mass is 10.1. The zero-order chi connectivity index (χ0) is 12.2. The van der Waals surface area contributed by atoms with Gasteiger partial charge in [-0.3, -0.25) is 0 Å². The molecule has 3 nitrogen and oxygen atoms in total. The van der Waals surface area contributed by atoms with Crippen molar-refractivity contribution < 1.29 is 8.42 Å². The topological polar surface area (TPSA) is 60.2 Å². The highest BCUT2D eigenvalue weighted by molar-refractivity contribution is 7.91. The molecule has 2 N–H and O–H groups in total. The summed E-state index contributed by atoms with van der Waals surface area (Å²) < 4.78 is 24.1. The summed E-state index contributed by atoms with van der Waals surface area (Å²) in [4.78, 5) is 0.262. The van der Waals surface area contributed by atoms with E-state index in [4.69, 9.17) is 5.73 Å². The number of benzene rings is 1. The predicted octanol–water partition coefficient (Wildman–Crippen LogP) is 2.48. The van der Waals surface area contributed by atoms with E-state index in [1.54, 1.807) is 24.3 Å². The standard InChI is InChI=1S/C12H19NO2S/c1-3-6-10(2)9-16(14,15)12-8-5-4-7-11(12)13/h4-5,7-8,10H,3,6,9,13H2,1-2H3. The van der Waals surface area contributed by atoms with Crippen LogP contribution in [-0.2, 0) is 9.84 Å². The average molecular weight is 241 g/mol. The number of para-hydroxylation sites is 1. The van der Waals surface area contributed by atoms with Crippen molar-refractivity contribution in [1.82, 2.24) is 0 Å². The van der Waals surface area contributed by atoms with Crippen LogP contribution in [0.25, 0.3) is 0 Å². The Bertz CT molecular complexity index is 440. The SMILES string of the molecule is CCCC(C)CS(=O)(=O)c1ccccc1N. The summed E-state index contributed by atoms with van der Waals surface area (Å²) >= 11 is 0. The van der Waals surface area contributed by atoms with E-state index in [9.17, 15) is 8.42 Å². The largest absolute Gasteiger partial charge is 0.398 e. The summed E-state index contributed by atoms with van der Waals surface area (Å²) in [5.74, 6) is 0.351. The second kappa shape index (κ2) is 5.34.